The Kier molecular flexibility index (Phi) is 3.72. The molecule has 0 atom stereocenters. The monoisotopic (exact) mass is 306 g/mol. The summed E-state index contributed by atoms with van der Waals surface area (Å²) in [5.74, 6) is 0.660. The summed E-state index contributed by atoms with van der Waals surface area (Å²) in [6, 6.07) is 9.84. The van der Waals surface area contributed by atoms with E-state index in [-0.39, 0.29) is 0 Å². The van der Waals surface area contributed by atoms with Gasteiger partial charge >= 0.3 is 0 Å². The summed E-state index contributed by atoms with van der Waals surface area (Å²) in [6.45, 7) is 0. The predicted molar refractivity (Wildman–Crippen MR) is 80.4 cm³/mol. The lowest BCUT2D eigenvalue weighted by atomic mass is 10.2. The largest absolute Gasteiger partial charge is 0.396 e. The van der Waals surface area contributed by atoms with Crippen molar-refractivity contribution in [1.82, 2.24) is 4.98 Å². The maximum absolute atomic E-state index is 5.93. The smallest absolute Gasteiger partial charge is 0.153 e. The molecule has 94 valence electrons. The first-order valence-electron chi connectivity index (χ1n) is 5.52. The van der Waals surface area contributed by atoms with Crippen molar-refractivity contribution < 1.29 is 0 Å². The fourth-order valence-electron chi connectivity index (χ4n) is 1.66. The maximum Gasteiger partial charge on any atom is 0.153 e. The number of hydrogen-bond donors (Lipinski definition) is 2. The molecule has 0 spiro atoms. The molecular formula is C13H15BrN4. The Bertz CT molecular complexity index is 554. The van der Waals surface area contributed by atoms with E-state index in [0.717, 1.165) is 15.8 Å². The summed E-state index contributed by atoms with van der Waals surface area (Å²) in [5, 5.41) is 3.25. The maximum atomic E-state index is 5.93. The molecule has 0 unspecified atom stereocenters. The highest BCUT2D eigenvalue weighted by atomic mass is 79.9. The molecule has 0 saturated carbocycles. The van der Waals surface area contributed by atoms with Crippen LogP contribution in [0.4, 0.5) is 22.9 Å². The number of nitrogens with two attached hydrogens (primary N) is 1. The summed E-state index contributed by atoms with van der Waals surface area (Å²) < 4.78 is 0.867. The second-order valence-electron chi connectivity index (χ2n) is 4.13. The molecule has 0 saturated heterocycles. The van der Waals surface area contributed by atoms with Crippen LogP contribution in [0.5, 0.6) is 0 Å². The number of anilines is 4. The molecule has 0 aliphatic heterocycles. The SMILES string of the molecule is CN(C)c1ccccc1Nc1ncc(Br)cc1N. The number of nitrogen functional groups attached to an aromatic ring is 1. The second-order valence-corrected chi connectivity index (χ2v) is 5.04. The van der Waals surface area contributed by atoms with Gasteiger partial charge in [0.1, 0.15) is 0 Å². The first-order chi connectivity index (χ1) is 8.58. The van der Waals surface area contributed by atoms with E-state index < -0.39 is 0 Å². The summed E-state index contributed by atoms with van der Waals surface area (Å²) in [7, 11) is 4.00. The predicted octanol–water partition coefficient (Wildman–Crippen LogP) is 3.24. The summed E-state index contributed by atoms with van der Waals surface area (Å²) >= 11 is 3.34. The van der Waals surface area contributed by atoms with Gasteiger partial charge in [-0.25, -0.2) is 4.98 Å². The van der Waals surface area contributed by atoms with E-state index >= 15 is 0 Å². The molecule has 0 aliphatic carbocycles. The van der Waals surface area contributed by atoms with Crippen LogP contribution in [0.3, 0.4) is 0 Å². The Morgan fingerprint density at radius 3 is 2.67 bits per heavy atom. The highest BCUT2D eigenvalue weighted by Gasteiger charge is 2.07. The van der Waals surface area contributed by atoms with E-state index in [4.69, 9.17) is 5.73 Å². The number of pyridine rings is 1. The topological polar surface area (TPSA) is 54.2 Å². The van der Waals surface area contributed by atoms with Crippen LogP contribution >= 0.6 is 15.9 Å². The van der Waals surface area contributed by atoms with Gasteiger partial charge < -0.3 is 16.0 Å². The van der Waals surface area contributed by atoms with Crippen molar-refractivity contribution in [3.05, 3.63) is 41.0 Å². The molecule has 0 amide bonds. The molecule has 3 N–H and O–H groups in total. The molecule has 0 radical (unpaired) electrons. The molecule has 0 fully saturated rings. The van der Waals surface area contributed by atoms with E-state index in [2.05, 4.69) is 26.2 Å². The highest BCUT2D eigenvalue weighted by Crippen LogP contribution is 2.29. The lowest BCUT2D eigenvalue weighted by Crippen LogP contribution is -2.11. The van der Waals surface area contributed by atoms with Gasteiger partial charge in [0.05, 0.1) is 17.1 Å². The molecule has 0 aliphatic rings. The fourth-order valence-corrected chi connectivity index (χ4v) is 2.01. The molecule has 0 bridgehead atoms. The second kappa shape index (κ2) is 5.27. The van der Waals surface area contributed by atoms with Crippen LogP contribution in [0.15, 0.2) is 41.0 Å². The normalized spacial score (nSPS) is 10.2. The van der Waals surface area contributed by atoms with Crippen LogP contribution in [0, 0.1) is 0 Å². The molecule has 1 heterocycles. The van der Waals surface area contributed by atoms with Gasteiger partial charge in [-0.05, 0) is 34.1 Å². The Balaban J connectivity index is 2.34. The Morgan fingerprint density at radius 1 is 1.28 bits per heavy atom. The molecule has 2 rings (SSSR count). The van der Waals surface area contributed by atoms with Crippen molar-refractivity contribution in [2.75, 3.05) is 30.0 Å². The number of hydrogen-bond acceptors (Lipinski definition) is 4. The molecular weight excluding hydrogens is 292 g/mol. The number of nitrogens with one attached hydrogen (secondary N) is 1. The molecule has 1 aromatic heterocycles. The van der Waals surface area contributed by atoms with Crippen molar-refractivity contribution in [3.63, 3.8) is 0 Å². The van der Waals surface area contributed by atoms with Crippen molar-refractivity contribution in [3.8, 4) is 0 Å². The average molecular weight is 307 g/mol. The van der Waals surface area contributed by atoms with E-state index in [1.165, 1.54) is 0 Å². The Hall–Kier alpha value is -1.75. The minimum Gasteiger partial charge on any atom is -0.396 e. The van der Waals surface area contributed by atoms with E-state index in [1.54, 1.807) is 6.20 Å². The third-order valence-electron chi connectivity index (χ3n) is 2.52. The Morgan fingerprint density at radius 2 is 2.00 bits per heavy atom. The number of halogens is 1. The molecule has 1 aromatic carbocycles. The molecule has 2 aromatic rings. The quantitative estimate of drug-likeness (QED) is 0.914. The van der Waals surface area contributed by atoms with Crippen molar-refractivity contribution >= 4 is 38.8 Å². The summed E-state index contributed by atoms with van der Waals surface area (Å²) in [5.41, 5.74) is 8.60. The third-order valence-corrected chi connectivity index (χ3v) is 2.96. The van der Waals surface area contributed by atoms with E-state index in [9.17, 15) is 0 Å². The Labute approximate surface area is 115 Å². The zero-order valence-electron chi connectivity index (χ0n) is 10.3. The first-order valence-corrected chi connectivity index (χ1v) is 6.31. The minimum absolute atomic E-state index is 0.609. The van der Waals surface area contributed by atoms with Crippen LogP contribution in [0.1, 0.15) is 0 Å². The first kappa shape index (κ1) is 12.7. The zero-order valence-corrected chi connectivity index (χ0v) is 11.9. The van der Waals surface area contributed by atoms with Gasteiger partial charge in [0.15, 0.2) is 5.82 Å². The number of aromatic nitrogens is 1. The number of nitrogens with zero attached hydrogens (tertiary/aromatic N) is 2. The highest BCUT2D eigenvalue weighted by molar-refractivity contribution is 9.10. The molecule has 18 heavy (non-hydrogen) atoms. The number of rotatable bonds is 3. The summed E-state index contributed by atoms with van der Waals surface area (Å²) in [4.78, 5) is 6.31. The zero-order chi connectivity index (χ0) is 13.1. The van der Waals surface area contributed by atoms with Crippen LogP contribution < -0.4 is 16.0 Å². The lowest BCUT2D eigenvalue weighted by Gasteiger charge is -2.18. The lowest BCUT2D eigenvalue weighted by molar-refractivity contribution is 1.13. The third kappa shape index (κ3) is 2.73. The van der Waals surface area contributed by atoms with Gasteiger partial charge in [0, 0.05) is 24.8 Å². The van der Waals surface area contributed by atoms with Gasteiger partial charge in [0.25, 0.3) is 0 Å². The molecule has 4 nitrogen and oxygen atoms in total. The van der Waals surface area contributed by atoms with E-state index in [1.807, 2.05) is 49.3 Å². The average Bonchev–Trinajstić information content (AvgIpc) is 2.33. The fraction of sp³-hybridized carbons (Fsp3) is 0.154. The van der Waals surface area contributed by atoms with Crippen LogP contribution in [0.2, 0.25) is 0 Å². The van der Waals surface area contributed by atoms with Gasteiger partial charge in [-0.3, -0.25) is 0 Å². The van der Waals surface area contributed by atoms with Crippen molar-refractivity contribution in [2.45, 2.75) is 0 Å². The molecule has 5 heteroatoms. The number of benzene rings is 1. The van der Waals surface area contributed by atoms with Crippen molar-refractivity contribution in [2.24, 2.45) is 0 Å². The summed E-state index contributed by atoms with van der Waals surface area (Å²) in [6.07, 6.45) is 1.72. The van der Waals surface area contributed by atoms with Crippen molar-refractivity contribution in [1.29, 1.82) is 0 Å². The van der Waals surface area contributed by atoms with Crippen LogP contribution in [-0.4, -0.2) is 19.1 Å². The van der Waals surface area contributed by atoms with Crippen LogP contribution in [0.25, 0.3) is 0 Å². The standard InChI is InChI=1S/C13H15BrN4/c1-18(2)12-6-4-3-5-11(12)17-13-10(15)7-9(14)8-16-13/h3-8H,15H2,1-2H3,(H,16,17). The van der Waals surface area contributed by atoms with Crippen LogP contribution in [-0.2, 0) is 0 Å². The van der Waals surface area contributed by atoms with E-state index in [0.29, 0.717) is 11.5 Å². The van der Waals surface area contributed by atoms with Gasteiger partial charge in [-0.15, -0.1) is 0 Å². The van der Waals surface area contributed by atoms with Gasteiger partial charge in [0.2, 0.25) is 0 Å². The minimum atomic E-state index is 0.609. The number of para-hydroxylation sites is 2. The van der Waals surface area contributed by atoms with Gasteiger partial charge in [-0.1, -0.05) is 12.1 Å². The van der Waals surface area contributed by atoms with Gasteiger partial charge in [-0.2, -0.15) is 0 Å².